The van der Waals surface area contributed by atoms with Gasteiger partial charge in [0.05, 0.1) is 0 Å². The summed E-state index contributed by atoms with van der Waals surface area (Å²) in [5.74, 6) is -3.40. The van der Waals surface area contributed by atoms with Gasteiger partial charge in [0.15, 0.2) is 0 Å². The van der Waals surface area contributed by atoms with E-state index in [1.165, 1.54) is 43.5 Å². The van der Waals surface area contributed by atoms with E-state index < -0.39 is 23.5 Å². The predicted octanol–water partition coefficient (Wildman–Crippen LogP) is 7.58. The van der Waals surface area contributed by atoms with Gasteiger partial charge in [-0.2, -0.15) is 13.2 Å². The first kappa shape index (κ1) is 25.8. The molecule has 1 aliphatic rings. The Bertz CT molecular complexity index is 1090. The third-order valence-electron chi connectivity index (χ3n) is 5.72. The SMILES string of the molecule is CN1CCCCC1C([NH-])c1ccccc1.O=C(O)c1cc(-c2ccc(Cl)cc2)oc1C(F)(F)F. The Labute approximate surface area is 200 Å². The van der Waals surface area contributed by atoms with Gasteiger partial charge in [0.25, 0.3) is 0 Å². The number of rotatable bonds is 4. The van der Waals surface area contributed by atoms with E-state index >= 15 is 0 Å². The van der Waals surface area contributed by atoms with E-state index in [9.17, 15) is 18.0 Å². The number of carboxylic acids is 1. The average Bonchev–Trinajstić information content (AvgIpc) is 3.27. The van der Waals surface area contributed by atoms with Gasteiger partial charge in [0.2, 0.25) is 5.76 Å². The molecule has 0 saturated carbocycles. The van der Waals surface area contributed by atoms with Gasteiger partial charge in [-0.25, -0.2) is 4.79 Å². The van der Waals surface area contributed by atoms with Crippen molar-refractivity contribution >= 4 is 17.6 Å². The minimum atomic E-state index is -4.86. The van der Waals surface area contributed by atoms with Crippen LogP contribution >= 0.6 is 11.6 Å². The van der Waals surface area contributed by atoms with Crippen LogP contribution in [0.4, 0.5) is 13.2 Å². The van der Waals surface area contributed by atoms with Crippen LogP contribution in [-0.4, -0.2) is 35.6 Å². The second-order valence-electron chi connectivity index (χ2n) is 8.10. The van der Waals surface area contributed by atoms with Crippen molar-refractivity contribution in [3.63, 3.8) is 0 Å². The van der Waals surface area contributed by atoms with Crippen molar-refractivity contribution < 1.29 is 27.5 Å². The van der Waals surface area contributed by atoms with Gasteiger partial charge in [0, 0.05) is 10.6 Å². The largest absolute Gasteiger partial charge is 0.670 e. The monoisotopic (exact) mass is 493 g/mol. The summed E-state index contributed by atoms with van der Waals surface area (Å²) >= 11 is 5.65. The minimum Gasteiger partial charge on any atom is -0.670 e. The quantitative estimate of drug-likeness (QED) is 0.406. The number of furan rings is 1. The van der Waals surface area contributed by atoms with Gasteiger partial charge < -0.3 is 20.2 Å². The van der Waals surface area contributed by atoms with Crippen molar-refractivity contribution in [3.05, 3.63) is 88.3 Å². The summed E-state index contributed by atoms with van der Waals surface area (Å²) < 4.78 is 42.5. The van der Waals surface area contributed by atoms with Gasteiger partial charge in [-0.1, -0.05) is 60.0 Å². The molecule has 2 atom stereocenters. The Balaban J connectivity index is 0.000000196. The minimum absolute atomic E-state index is 0.0866. The number of carbonyl (C=O) groups is 1. The van der Waals surface area contributed by atoms with Crippen molar-refractivity contribution in [1.82, 2.24) is 4.90 Å². The van der Waals surface area contributed by atoms with Crippen LogP contribution in [0.5, 0.6) is 0 Å². The van der Waals surface area contributed by atoms with Crippen molar-refractivity contribution in [1.29, 1.82) is 0 Å². The lowest BCUT2D eigenvalue weighted by atomic mass is 9.92. The molecule has 182 valence electrons. The highest BCUT2D eigenvalue weighted by molar-refractivity contribution is 6.30. The molecule has 1 aromatic heterocycles. The molecule has 0 bridgehead atoms. The zero-order valence-corrected chi connectivity index (χ0v) is 19.2. The molecule has 3 aromatic rings. The number of hydrogen-bond donors (Lipinski definition) is 1. The number of nitrogens with zero attached hydrogens (tertiary/aromatic N) is 1. The molecular formula is C25H25ClF3N2O3-. The Morgan fingerprint density at radius 2 is 1.79 bits per heavy atom. The molecule has 1 aliphatic heterocycles. The second-order valence-corrected chi connectivity index (χ2v) is 8.53. The summed E-state index contributed by atoms with van der Waals surface area (Å²) in [6.45, 7) is 1.15. The molecule has 0 amide bonds. The van der Waals surface area contributed by atoms with Crippen molar-refractivity contribution in [2.45, 2.75) is 37.5 Å². The molecule has 0 radical (unpaired) electrons. The molecular weight excluding hydrogens is 469 g/mol. The summed E-state index contributed by atoms with van der Waals surface area (Å²) in [5, 5.41) is 9.16. The standard InChI is InChI=1S/C13H19N2.C12H6ClF3O3/c1-15-10-6-5-9-12(15)13(14)11-7-3-2-4-8-11;13-7-3-1-6(2-4-7)9-5-8(11(17)18)10(19-9)12(14,15)16/h2-4,7-8,12-14H,5-6,9-10H2,1H3;1-5H,(H,17,18)/q-1;. The molecule has 2 heterocycles. The highest BCUT2D eigenvalue weighted by Crippen LogP contribution is 2.37. The lowest BCUT2D eigenvalue weighted by molar-refractivity contribution is -0.153. The van der Waals surface area contributed by atoms with Gasteiger partial charge >= 0.3 is 12.1 Å². The number of carboxylic acid groups (broad SMARTS) is 1. The van der Waals surface area contributed by atoms with Crippen LogP contribution in [0.1, 0.15) is 47.0 Å². The van der Waals surface area contributed by atoms with Gasteiger partial charge in [0.1, 0.15) is 11.3 Å². The number of aromatic carboxylic acids is 1. The second kappa shape index (κ2) is 11.1. The third kappa shape index (κ3) is 6.40. The number of alkyl halides is 3. The molecule has 0 aliphatic carbocycles. The zero-order valence-electron chi connectivity index (χ0n) is 18.5. The molecule has 0 spiro atoms. The molecule has 1 saturated heterocycles. The summed E-state index contributed by atoms with van der Waals surface area (Å²) in [4.78, 5) is 13.1. The summed E-state index contributed by atoms with van der Waals surface area (Å²) in [5.41, 5.74) is 8.83. The van der Waals surface area contributed by atoms with Crippen molar-refractivity contribution in [3.8, 4) is 11.3 Å². The fraction of sp³-hybridized carbons (Fsp3) is 0.320. The number of nitrogens with one attached hydrogen (secondary N) is 1. The molecule has 5 nitrogen and oxygen atoms in total. The molecule has 34 heavy (non-hydrogen) atoms. The van der Waals surface area contributed by atoms with E-state index in [1.807, 2.05) is 18.2 Å². The number of likely N-dealkylation sites (tertiary alicyclic amines) is 1. The van der Waals surface area contributed by atoms with E-state index in [0.717, 1.165) is 18.2 Å². The van der Waals surface area contributed by atoms with E-state index in [0.29, 0.717) is 16.6 Å². The van der Waals surface area contributed by atoms with E-state index in [1.54, 1.807) is 0 Å². The van der Waals surface area contributed by atoms with Crippen molar-refractivity contribution in [2.24, 2.45) is 0 Å². The Morgan fingerprint density at radius 3 is 2.32 bits per heavy atom. The van der Waals surface area contributed by atoms with Gasteiger partial charge in [-0.05, 0) is 62.8 Å². The van der Waals surface area contributed by atoms with Crippen LogP contribution in [0.3, 0.4) is 0 Å². The lowest BCUT2D eigenvalue weighted by Crippen LogP contribution is -2.39. The van der Waals surface area contributed by atoms with Gasteiger partial charge in [-0.3, -0.25) is 0 Å². The van der Waals surface area contributed by atoms with Crippen molar-refractivity contribution in [2.75, 3.05) is 13.6 Å². The van der Waals surface area contributed by atoms with E-state index in [4.69, 9.17) is 22.4 Å². The first-order valence-corrected chi connectivity index (χ1v) is 11.1. The van der Waals surface area contributed by atoms with Crippen LogP contribution in [0.2, 0.25) is 5.02 Å². The zero-order chi connectivity index (χ0) is 24.9. The fourth-order valence-corrected chi connectivity index (χ4v) is 4.05. The van der Waals surface area contributed by atoms with Gasteiger partial charge in [-0.15, -0.1) is 0 Å². The maximum Gasteiger partial charge on any atom is 0.450 e. The van der Waals surface area contributed by atoms with Crippen LogP contribution in [0, 0.1) is 0 Å². The summed E-state index contributed by atoms with van der Waals surface area (Å²) in [7, 11) is 2.15. The number of benzene rings is 2. The normalized spacial score (nSPS) is 17.5. The maximum atomic E-state index is 12.6. The predicted molar refractivity (Wildman–Crippen MR) is 125 cm³/mol. The topological polar surface area (TPSA) is 77.5 Å². The van der Waals surface area contributed by atoms with E-state index in [-0.39, 0.29) is 11.8 Å². The van der Waals surface area contributed by atoms with Crippen LogP contribution in [-0.2, 0) is 6.18 Å². The first-order chi connectivity index (χ1) is 16.1. The van der Waals surface area contributed by atoms with Crippen LogP contribution in [0.15, 0.2) is 65.1 Å². The number of hydrogen-bond acceptors (Lipinski definition) is 3. The Kier molecular flexibility index (Phi) is 8.41. The maximum absolute atomic E-state index is 12.6. The smallest absolute Gasteiger partial charge is 0.450 e. The molecule has 2 unspecified atom stereocenters. The number of piperidine rings is 1. The number of likely N-dealkylation sites (N-methyl/N-ethyl adjacent to an activating group) is 1. The molecule has 9 heteroatoms. The molecule has 1 fully saturated rings. The highest BCUT2D eigenvalue weighted by Gasteiger charge is 2.40. The average molecular weight is 494 g/mol. The summed E-state index contributed by atoms with van der Waals surface area (Å²) in [6.07, 6.45) is -1.14. The fourth-order valence-electron chi connectivity index (χ4n) is 3.92. The molecule has 2 aromatic carbocycles. The lowest BCUT2D eigenvalue weighted by Gasteiger charge is -2.41. The Morgan fingerprint density at radius 1 is 1.15 bits per heavy atom. The first-order valence-electron chi connectivity index (χ1n) is 10.7. The Hall–Kier alpha value is -2.81. The third-order valence-corrected chi connectivity index (χ3v) is 5.97. The number of halogens is 4. The van der Waals surface area contributed by atoms with E-state index in [2.05, 4.69) is 28.5 Å². The summed E-state index contributed by atoms with van der Waals surface area (Å²) in [6, 6.07) is 17.2. The molecule has 4 rings (SSSR count). The highest BCUT2D eigenvalue weighted by atomic mass is 35.5. The van der Waals surface area contributed by atoms with Crippen LogP contribution in [0.25, 0.3) is 17.1 Å². The molecule has 2 N–H and O–H groups in total. The van der Waals surface area contributed by atoms with Crippen LogP contribution < -0.4 is 0 Å².